The Kier molecular flexibility index (Phi) is 4.25. The van der Waals surface area contributed by atoms with Crippen molar-refractivity contribution in [2.75, 3.05) is 19.6 Å². The number of likely N-dealkylation sites (tertiary alicyclic amines) is 1. The SMILES string of the molecule is CCN1CCCC1CNC(=O)c1ccnc(F)c1. The molecule has 4 nitrogen and oxygen atoms in total. The highest BCUT2D eigenvalue weighted by Gasteiger charge is 2.23. The largest absolute Gasteiger partial charge is 0.350 e. The van der Waals surface area contributed by atoms with Crippen molar-refractivity contribution < 1.29 is 9.18 Å². The number of amides is 1. The molecule has 1 fully saturated rings. The molecule has 98 valence electrons. The standard InChI is InChI=1S/C13H18FN3O/c1-2-17-7-3-4-11(17)9-16-13(18)10-5-6-15-12(14)8-10/h5-6,8,11H,2-4,7,9H2,1H3,(H,16,18). The van der Waals surface area contributed by atoms with E-state index >= 15 is 0 Å². The molecule has 0 saturated carbocycles. The van der Waals surface area contributed by atoms with Gasteiger partial charge in [0.05, 0.1) is 0 Å². The number of hydrogen-bond acceptors (Lipinski definition) is 3. The molecule has 1 N–H and O–H groups in total. The number of nitrogens with zero attached hydrogens (tertiary/aromatic N) is 2. The molecule has 5 heteroatoms. The molecule has 1 aromatic heterocycles. The van der Waals surface area contributed by atoms with E-state index in [-0.39, 0.29) is 5.91 Å². The van der Waals surface area contributed by atoms with E-state index in [9.17, 15) is 9.18 Å². The number of rotatable bonds is 4. The molecule has 2 heterocycles. The van der Waals surface area contributed by atoms with E-state index in [0.717, 1.165) is 25.6 Å². The van der Waals surface area contributed by atoms with E-state index in [4.69, 9.17) is 0 Å². The first-order valence-electron chi connectivity index (χ1n) is 6.34. The number of carbonyl (C=O) groups is 1. The molecule has 1 aromatic rings. The van der Waals surface area contributed by atoms with Gasteiger partial charge in [-0.2, -0.15) is 4.39 Å². The van der Waals surface area contributed by atoms with Crippen LogP contribution in [0.25, 0.3) is 0 Å². The Labute approximate surface area is 106 Å². The molecule has 1 saturated heterocycles. The topological polar surface area (TPSA) is 45.2 Å². The van der Waals surface area contributed by atoms with Gasteiger partial charge in [-0.25, -0.2) is 4.98 Å². The van der Waals surface area contributed by atoms with Crippen LogP contribution in [0.2, 0.25) is 0 Å². The van der Waals surface area contributed by atoms with Gasteiger partial charge in [0.25, 0.3) is 5.91 Å². The van der Waals surface area contributed by atoms with Crippen LogP contribution < -0.4 is 5.32 Å². The molecule has 1 atom stereocenters. The van der Waals surface area contributed by atoms with Gasteiger partial charge >= 0.3 is 0 Å². The summed E-state index contributed by atoms with van der Waals surface area (Å²) in [5.41, 5.74) is 0.323. The lowest BCUT2D eigenvalue weighted by atomic mass is 10.2. The van der Waals surface area contributed by atoms with Crippen LogP contribution in [0.15, 0.2) is 18.3 Å². The van der Waals surface area contributed by atoms with Crippen molar-refractivity contribution in [1.82, 2.24) is 15.2 Å². The highest BCUT2D eigenvalue weighted by molar-refractivity contribution is 5.94. The summed E-state index contributed by atoms with van der Waals surface area (Å²) < 4.78 is 12.9. The highest BCUT2D eigenvalue weighted by Crippen LogP contribution is 2.15. The van der Waals surface area contributed by atoms with Gasteiger partial charge < -0.3 is 5.32 Å². The summed E-state index contributed by atoms with van der Waals surface area (Å²) in [4.78, 5) is 17.6. The van der Waals surface area contributed by atoms with Crippen LogP contribution in [0.1, 0.15) is 30.1 Å². The summed E-state index contributed by atoms with van der Waals surface area (Å²) in [6.07, 6.45) is 3.59. The van der Waals surface area contributed by atoms with Crippen LogP contribution in [0, 0.1) is 5.95 Å². The zero-order valence-electron chi connectivity index (χ0n) is 10.5. The predicted octanol–water partition coefficient (Wildman–Crippen LogP) is 1.43. The monoisotopic (exact) mass is 251 g/mol. The summed E-state index contributed by atoms with van der Waals surface area (Å²) >= 11 is 0. The molecule has 0 aliphatic carbocycles. The second-order valence-corrected chi connectivity index (χ2v) is 4.50. The van der Waals surface area contributed by atoms with E-state index < -0.39 is 5.95 Å². The third-order valence-corrected chi connectivity index (χ3v) is 3.39. The quantitative estimate of drug-likeness (QED) is 0.823. The first-order valence-corrected chi connectivity index (χ1v) is 6.34. The lowest BCUT2D eigenvalue weighted by molar-refractivity contribution is 0.0940. The van der Waals surface area contributed by atoms with Crippen molar-refractivity contribution in [3.63, 3.8) is 0 Å². The second kappa shape index (κ2) is 5.91. The van der Waals surface area contributed by atoms with Crippen LogP contribution in [0.3, 0.4) is 0 Å². The van der Waals surface area contributed by atoms with Crippen molar-refractivity contribution >= 4 is 5.91 Å². The molecule has 1 aliphatic rings. The average molecular weight is 251 g/mol. The van der Waals surface area contributed by atoms with Crippen LogP contribution >= 0.6 is 0 Å². The normalized spacial score (nSPS) is 20.0. The zero-order chi connectivity index (χ0) is 13.0. The molecule has 2 rings (SSSR count). The summed E-state index contributed by atoms with van der Waals surface area (Å²) in [5, 5.41) is 2.86. The summed E-state index contributed by atoms with van der Waals surface area (Å²) in [5.74, 6) is -0.863. The second-order valence-electron chi connectivity index (χ2n) is 4.50. The average Bonchev–Trinajstić information content (AvgIpc) is 2.83. The van der Waals surface area contributed by atoms with Gasteiger partial charge in [0.2, 0.25) is 5.95 Å². The Balaban J connectivity index is 1.88. The fraction of sp³-hybridized carbons (Fsp3) is 0.538. The Morgan fingerprint density at radius 1 is 1.67 bits per heavy atom. The minimum Gasteiger partial charge on any atom is -0.350 e. The van der Waals surface area contributed by atoms with E-state index in [1.165, 1.54) is 18.7 Å². The number of pyridine rings is 1. The molecule has 0 spiro atoms. The van der Waals surface area contributed by atoms with Gasteiger partial charge in [0, 0.05) is 30.4 Å². The van der Waals surface area contributed by atoms with E-state index in [2.05, 4.69) is 22.1 Å². The smallest absolute Gasteiger partial charge is 0.251 e. The van der Waals surface area contributed by atoms with Crippen LogP contribution in [-0.4, -0.2) is 41.5 Å². The number of nitrogens with one attached hydrogen (secondary N) is 1. The van der Waals surface area contributed by atoms with E-state index in [0.29, 0.717) is 18.2 Å². The first kappa shape index (κ1) is 13.0. The molecule has 1 amide bonds. The van der Waals surface area contributed by atoms with Gasteiger partial charge in [0.1, 0.15) is 0 Å². The number of hydrogen-bond donors (Lipinski definition) is 1. The number of aromatic nitrogens is 1. The third kappa shape index (κ3) is 3.04. The van der Waals surface area contributed by atoms with Crippen molar-refractivity contribution in [3.8, 4) is 0 Å². The number of likely N-dealkylation sites (N-methyl/N-ethyl adjacent to an activating group) is 1. The van der Waals surface area contributed by atoms with Crippen molar-refractivity contribution in [1.29, 1.82) is 0 Å². The fourth-order valence-corrected chi connectivity index (χ4v) is 2.40. The maximum Gasteiger partial charge on any atom is 0.251 e. The zero-order valence-corrected chi connectivity index (χ0v) is 10.5. The minimum absolute atomic E-state index is 0.237. The molecular formula is C13H18FN3O. The van der Waals surface area contributed by atoms with Crippen LogP contribution in [0.4, 0.5) is 4.39 Å². The van der Waals surface area contributed by atoms with Gasteiger partial charge in [0.15, 0.2) is 0 Å². The lowest BCUT2D eigenvalue weighted by Crippen LogP contribution is -2.40. The maximum atomic E-state index is 12.9. The third-order valence-electron chi connectivity index (χ3n) is 3.39. The van der Waals surface area contributed by atoms with Gasteiger partial charge in [-0.05, 0) is 32.0 Å². The van der Waals surface area contributed by atoms with Crippen molar-refractivity contribution in [3.05, 3.63) is 29.8 Å². The Hall–Kier alpha value is -1.49. The van der Waals surface area contributed by atoms with Crippen LogP contribution in [-0.2, 0) is 0 Å². The maximum absolute atomic E-state index is 12.9. The summed E-state index contributed by atoms with van der Waals surface area (Å²) in [6, 6.07) is 3.08. The van der Waals surface area contributed by atoms with Gasteiger partial charge in [-0.3, -0.25) is 9.69 Å². The molecule has 0 bridgehead atoms. The minimum atomic E-state index is -0.626. The first-order chi connectivity index (χ1) is 8.70. The van der Waals surface area contributed by atoms with Gasteiger partial charge in [-0.1, -0.05) is 6.92 Å². The van der Waals surface area contributed by atoms with E-state index in [1.54, 1.807) is 0 Å². The van der Waals surface area contributed by atoms with Crippen molar-refractivity contribution in [2.24, 2.45) is 0 Å². The summed E-state index contributed by atoms with van der Waals surface area (Å²) in [6.45, 7) is 4.85. The fourth-order valence-electron chi connectivity index (χ4n) is 2.40. The molecule has 0 aromatic carbocycles. The molecule has 1 aliphatic heterocycles. The molecule has 0 radical (unpaired) electrons. The van der Waals surface area contributed by atoms with E-state index in [1.807, 2.05) is 0 Å². The number of halogens is 1. The van der Waals surface area contributed by atoms with Crippen LogP contribution in [0.5, 0.6) is 0 Å². The van der Waals surface area contributed by atoms with Crippen molar-refractivity contribution in [2.45, 2.75) is 25.8 Å². The lowest BCUT2D eigenvalue weighted by Gasteiger charge is -2.22. The van der Waals surface area contributed by atoms with Gasteiger partial charge in [-0.15, -0.1) is 0 Å². The highest BCUT2D eigenvalue weighted by atomic mass is 19.1. The Bertz CT molecular complexity index is 424. The predicted molar refractivity (Wildman–Crippen MR) is 66.8 cm³/mol. The number of carbonyl (C=O) groups excluding carboxylic acids is 1. The molecule has 18 heavy (non-hydrogen) atoms. The molecular weight excluding hydrogens is 233 g/mol. The molecule has 1 unspecified atom stereocenters. The Morgan fingerprint density at radius 2 is 2.50 bits per heavy atom. The Morgan fingerprint density at radius 3 is 3.22 bits per heavy atom. The summed E-state index contributed by atoms with van der Waals surface area (Å²) in [7, 11) is 0.